The zero-order chi connectivity index (χ0) is 30.0. The van der Waals surface area contributed by atoms with Crippen LogP contribution in [0.1, 0.15) is 67.2 Å². The molecule has 16 heteroatoms. The first-order chi connectivity index (χ1) is 16.7. The first-order valence-electron chi connectivity index (χ1n) is 9.93. The number of unbranched alkanes of at least 4 members (excludes halogenated alkanes) is 1. The van der Waals surface area contributed by atoms with E-state index in [1.807, 2.05) is 0 Å². The van der Waals surface area contributed by atoms with E-state index in [9.17, 15) is 65.3 Å². The largest absolute Gasteiger partial charge is 2.00 e. The van der Waals surface area contributed by atoms with Crippen LogP contribution in [-0.4, -0.2) is 47.4 Å². The number of benzene rings is 1. The van der Waals surface area contributed by atoms with Gasteiger partial charge in [-0.15, -0.1) is 0 Å². The van der Waals surface area contributed by atoms with Gasteiger partial charge in [0.25, 0.3) is 0 Å². The summed E-state index contributed by atoms with van der Waals surface area (Å²) in [5.74, 6) is -8.56. The van der Waals surface area contributed by atoms with Crippen molar-refractivity contribution < 1.29 is 98.4 Å². The van der Waals surface area contributed by atoms with Gasteiger partial charge in [0.05, 0.1) is 24.8 Å². The average molecular weight is 656 g/mol. The standard InChI is InChI=1S/C8H6O4.2C5H5F3O2.C4H9.2Cu/c9-7(10)5-3-1-2-4-6(5)8(11)12;2*1-3(9)2-4(10)5(6,7)8;1-3-4-2;;/h1-4H,(H,9,10)(H,11,12);2*2H2,1H3;1,3-4H2,2H3;;/q;;;;+1;+2/p-2. The maximum Gasteiger partial charge on any atom is 2.00 e. The summed E-state index contributed by atoms with van der Waals surface area (Å²) in [6, 6.07) is 5.14. The predicted octanol–water partition coefficient (Wildman–Crippen LogP) is 2.36. The maximum absolute atomic E-state index is 11.3. The van der Waals surface area contributed by atoms with Crippen LogP contribution in [0, 0.1) is 0 Å². The second kappa shape index (κ2) is 21.4. The van der Waals surface area contributed by atoms with E-state index in [0.717, 1.165) is 31.3 Å². The van der Waals surface area contributed by atoms with Gasteiger partial charge in [0.1, 0.15) is 11.6 Å². The molecule has 0 bridgehead atoms. The van der Waals surface area contributed by atoms with Gasteiger partial charge in [-0.1, -0.05) is 24.3 Å². The number of halogens is 6. The molecule has 0 fully saturated rings. The third kappa shape index (κ3) is 23.8. The molecule has 0 heterocycles. The molecule has 0 amide bonds. The Morgan fingerprint density at radius 3 is 1.13 bits per heavy atom. The van der Waals surface area contributed by atoms with Crippen molar-refractivity contribution in [3.05, 3.63) is 35.4 Å². The van der Waals surface area contributed by atoms with Gasteiger partial charge in [-0.3, -0.25) is 19.2 Å². The molecule has 0 saturated heterocycles. The SMILES string of the molecule is CC(=O)CC(=O)C(F)(F)F.CC(=O)CC(=O)C(F)(F)F.CCC[CH2][Cu+].O=C([O-])c1ccccc1C(=O)[O-].[Cu+2]. The van der Waals surface area contributed by atoms with Crippen LogP contribution in [-0.2, 0) is 52.3 Å². The van der Waals surface area contributed by atoms with Crippen molar-refractivity contribution in [2.24, 2.45) is 0 Å². The molecule has 1 radical (unpaired) electrons. The molecule has 0 aromatic heterocycles. The average Bonchev–Trinajstić information content (AvgIpc) is 2.73. The van der Waals surface area contributed by atoms with Gasteiger partial charge in [-0.25, -0.2) is 0 Å². The number of carbonyl (C=O) groups is 6. The van der Waals surface area contributed by atoms with Crippen molar-refractivity contribution in [2.75, 3.05) is 0 Å². The Morgan fingerprint density at radius 1 is 0.737 bits per heavy atom. The Hall–Kier alpha value is -2.54. The minimum Gasteiger partial charge on any atom is -0.545 e. The topological polar surface area (TPSA) is 149 Å². The van der Waals surface area contributed by atoms with Gasteiger partial charge in [0.2, 0.25) is 11.6 Å². The number of hydrogen-bond donors (Lipinski definition) is 0. The number of carboxylic acid groups (broad SMARTS) is 2. The van der Waals surface area contributed by atoms with E-state index in [-0.39, 0.29) is 28.2 Å². The van der Waals surface area contributed by atoms with Gasteiger partial charge in [-0.05, 0) is 13.8 Å². The first kappa shape index (κ1) is 42.5. The summed E-state index contributed by atoms with van der Waals surface area (Å²) in [4.78, 5) is 60.5. The molecule has 1 aromatic rings. The van der Waals surface area contributed by atoms with E-state index in [2.05, 4.69) is 6.92 Å². The second-order valence-corrected chi connectivity index (χ2v) is 7.20. The molecule has 0 spiro atoms. The molecule has 0 aliphatic rings. The number of aromatic carboxylic acids is 2. The van der Waals surface area contributed by atoms with E-state index in [1.165, 1.54) is 25.0 Å². The molecule has 0 atom stereocenters. The summed E-state index contributed by atoms with van der Waals surface area (Å²) in [5.41, 5.74) is -0.727. The van der Waals surface area contributed by atoms with Gasteiger partial charge in [0.15, 0.2) is 0 Å². The summed E-state index contributed by atoms with van der Waals surface area (Å²) in [7, 11) is 0. The molecular formula is C22H23Cu2F6O8+. The molecular weight excluding hydrogens is 633 g/mol. The molecule has 1 aromatic carbocycles. The molecule has 38 heavy (non-hydrogen) atoms. The quantitative estimate of drug-likeness (QED) is 0.235. The Kier molecular flexibility index (Phi) is 24.0. The van der Waals surface area contributed by atoms with Crippen LogP contribution in [0.5, 0.6) is 0 Å². The number of carboxylic acids is 2. The molecule has 222 valence electrons. The molecule has 8 nitrogen and oxygen atoms in total. The molecule has 0 aliphatic heterocycles. The van der Waals surface area contributed by atoms with Crippen LogP contribution in [0.2, 0.25) is 5.32 Å². The summed E-state index contributed by atoms with van der Waals surface area (Å²) >= 11 is 4.77. The zero-order valence-electron chi connectivity index (χ0n) is 20.0. The number of Topliss-reactive ketones (excluding diaryl/α,β-unsaturated/α-hetero) is 4. The maximum atomic E-state index is 11.3. The molecule has 0 aliphatic carbocycles. The van der Waals surface area contributed by atoms with Crippen LogP contribution in [0.25, 0.3) is 0 Å². The van der Waals surface area contributed by atoms with Crippen LogP contribution >= 0.6 is 0 Å². The van der Waals surface area contributed by atoms with Gasteiger partial charge in [-0.2, -0.15) is 26.3 Å². The monoisotopic (exact) mass is 655 g/mol. The summed E-state index contributed by atoms with van der Waals surface area (Å²) < 4.78 is 67.8. The van der Waals surface area contributed by atoms with Crippen LogP contribution in [0.15, 0.2) is 24.3 Å². The fourth-order valence-electron chi connectivity index (χ4n) is 1.60. The fourth-order valence-corrected chi connectivity index (χ4v) is 1.93. The van der Waals surface area contributed by atoms with E-state index < -0.39 is 60.3 Å². The number of rotatable bonds is 8. The first-order valence-corrected chi connectivity index (χ1v) is 10.6. The molecule has 0 saturated carbocycles. The summed E-state index contributed by atoms with van der Waals surface area (Å²) in [6.45, 7) is 4.01. The second-order valence-electron chi connectivity index (χ2n) is 6.72. The van der Waals surface area contributed by atoms with Crippen LogP contribution < -0.4 is 10.2 Å². The third-order valence-electron chi connectivity index (χ3n) is 3.28. The number of alkyl halides is 6. The van der Waals surface area contributed by atoms with Gasteiger partial charge >= 0.3 is 70.5 Å². The minimum absolute atomic E-state index is 0. The van der Waals surface area contributed by atoms with Gasteiger partial charge in [0, 0.05) is 11.1 Å². The summed E-state index contributed by atoms with van der Waals surface area (Å²) in [5, 5.41) is 21.6. The Labute approximate surface area is 232 Å². The number of carbonyl (C=O) groups excluding carboxylic acids is 6. The number of hydrogen-bond acceptors (Lipinski definition) is 8. The van der Waals surface area contributed by atoms with E-state index >= 15 is 0 Å². The van der Waals surface area contributed by atoms with Crippen molar-refractivity contribution in [1.82, 2.24) is 0 Å². The van der Waals surface area contributed by atoms with Crippen LogP contribution in [0.3, 0.4) is 0 Å². The molecule has 0 N–H and O–H groups in total. The predicted molar refractivity (Wildman–Crippen MR) is 108 cm³/mol. The van der Waals surface area contributed by atoms with Crippen LogP contribution in [0.4, 0.5) is 26.3 Å². The van der Waals surface area contributed by atoms with Crippen molar-refractivity contribution in [3.8, 4) is 0 Å². The Balaban J connectivity index is -0.000000208. The van der Waals surface area contributed by atoms with Crippen molar-refractivity contribution in [1.29, 1.82) is 0 Å². The normalized spacial score (nSPS) is 9.97. The van der Waals surface area contributed by atoms with Crippen molar-refractivity contribution in [2.45, 2.75) is 64.1 Å². The number of ketones is 4. The molecule has 0 unspecified atom stereocenters. The van der Waals surface area contributed by atoms with E-state index in [4.69, 9.17) is 16.0 Å². The van der Waals surface area contributed by atoms with Crippen molar-refractivity contribution >= 4 is 35.1 Å². The Bertz CT molecular complexity index is 858. The van der Waals surface area contributed by atoms with E-state index in [1.54, 1.807) is 0 Å². The van der Waals surface area contributed by atoms with E-state index in [0.29, 0.717) is 0 Å². The Morgan fingerprint density at radius 2 is 1.03 bits per heavy atom. The zero-order valence-corrected chi connectivity index (χ0v) is 21.9. The molecule has 1 rings (SSSR count). The smallest absolute Gasteiger partial charge is 0.545 e. The van der Waals surface area contributed by atoms with Crippen molar-refractivity contribution in [3.63, 3.8) is 0 Å². The fraction of sp³-hybridized carbons (Fsp3) is 0.455. The third-order valence-corrected chi connectivity index (χ3v) is 3.61. The summed E-state index contributed by atoms with van der Waals surface area (Å²) in [6.07, 6.45) is -9.41. The van der Waals surface area contributed by atoms with Gasteiger partial charge < -0.3 is 19.8 Å². The minimum atomic E-state index is -4.87.